The van der Waals surface area contributed by atoms with E-state index in [1.807, 2.05) is 0 Å². The summed E-state index contributed by atoms with van der Waals surface area (Å²) in [4.78, 5) is 10.6. The largest absolute Gasteiger partial charge is 0.469 e. The van der Waals surface area contributed by atoms with Crippen LogP contribution in [0.2, 0.25) is 0 Å². The Morgan fingerprint density at radius 1 is 1.89 bits per heavy atom. The maximum absolute atomic E-state index is 10.6. The fourth-order valence-electron chi connectivity index (χ4n) is 0.807. The van der Waals surface area contributed by atoms with Crippen LogP contribution in [0.1, 0.15) is 12.8 Å². The summed E-state index contributed by atoms with van der Waals surface area (Å²) >= 11 is 0. The van der Waals surface area contributed by atoms with Gasteiger partial charge in [0, 0.05) is 6.04 Å². The molecule has 0 unspecified atom stereocenters. The Morgan fingerprint density at radius 3 is 2.89 bits per heavy atom. The molecule has 1 rings (SSSR count). The Kier molecular flexibility index (Phi) is 2.05. The topological polar surface area (TPSA) is 38.3 Å². The molecule has 1 aliphatic rings. The third-order valence-electron chi connectivity index (χ3n) is 1.57. The Hall–Kier alpha value is -0.570. The number of carbonyl (C=O) groups is 1. The fraction of sp³-hybridized carbons (Fsp3) is 0.833. The van der Waals surface area contributed by atoms with E-state index in [2.05, 4.69) is 10.1 Å². The number of rotatable bonds is 2. The molecule has 0 radical (unpaired) electrons. The second kappa shape index (κ2) is 2.82. The standard InChI is InChI=1S/C6H11NO2/c1-9-6(8)4-5-2-3-7-5/h5,7H,2-4H2,1H3/t5-/m1/s1. The monoisotopic (exact) mass is 129 g/mol. The molecule has 0 aromatic heterocycles. The number of carbonyl (C=O) groups excluding carboxylic acids is 1. The minimum Gasteiger partial charge on any atom is -0.469 e. The molecule has 9 heavy (non-hydrogen) atoms. The molecule has 0 saturated carbocycles. The second-order valence-electron chi connectivity index (χ2n) is 2.22. The van der Waals surface area contributed by atoms with E-state index in [9.17, 15) is 4.79 Å². The number of ether oxygens (including phenoxy) is 1. The van der Waals surface area contributed by atoms with Crippen molar-refractivity contribution in [2.24, 2.45) is 0 Å². The molecular formula is C6H11NO2. The van der Waals surface area contributed by atoms with E-state index >= 15 is 0 Å². The summed E-state index contributed by atoms with van der Waals surface area (Å²) in [6, 6.07) is 0.387. The first-order valence-electron chi connectivity index (χ1n) is 3.13. The zero-order valence-corrected chi connectivity index (χ0v) is 5.52. The van der Waals surface area contributed by atoms with Gasteiger partial charge in [-0.25, -0.2) is 0 Å². The minimum absolute atomic E-state index is 0.118. The van der Waals surface area contributed by atoms with E-state index in [1.165, 1.54) is 7.11 Å². The quantitative estimate of drug-likeness (QED) is 0.529. The summed E-state index contributed by atoms with van der Waals surface area (Å²) in [6.07, 6.45) is 1.63. The van der Waals surface area contributed by atoms with E-state index in [0.29, 0.717) is 12.5 Å². The van der Waals surface area contributed by atoms with Gasteiger partial charge >= 0.3 is 5.97 Å². The molecule has 0 aliphatic carbocycles. The highest BCUT2D eigenvalue weighted by atomic mass is 16.5. The van der Waals surface area contributed by atoms with Crippen LogP contribution in [0.15, 0.2) is 0 Å². The maximum Gasteiger partial charge on any atom is 0.307 e. The lowest BCUT2D eigenvalue weighted by Crippen LogP contribution is -2.44. The van der Waals surface area contributed by atoms with Gasteiger partial charge in [0.1, 0.15) is 0 Å². The molecule has 0 aromatic carbocycles. The maximum atomic E-state index is 10.6. The van der Waals surface area contributed by atoms with Crippen molar-refractivity contribution in [3.63, 3.8) is 0 Å². The summed E-state index contributed by atoms with van der Waals surface area (Å²) in [5.41, 5.74) is 0. The predicted molar refractivity (Wildman–Crippen MR) is 33.0 cm³/mol. The smallest absolute Gasteiger partial charge is 0.307 e. The molecule has 1 aliphatic heterocycles. The van der Waals surface area contributed by atoms with Crippen LogP contribution in [-0.4, -0.2) is 25.7 Å². The molecule has 3 nitrogen and oxygen atoms in total. The van der Waals surface area contributed by atoms with Crippen LogP contribution in [0.3, 0.4) is 0 Å². The Morgan fingerprint density at radius 2 is 2.56 bits per heavy atom. The van der Waals surface area contributed by atoms with Crippen molar-refractivity contribution in [3.8, 4) is 0 Å². The summed E-state index contributed by atoms with van der Waals surface area (Å²) < 4.78 is 4.48. The lowest BCUT2D eigenvalue weighted by atomic mass is 10.0. The van der Waals surface area contributed by atoms with Gasteiger partial charge in [-0.3, -0.25) is 4.79 Å². The van der Waals surface area contributed by atoms with E-state index in [1.54, 1.807) is 0 Å². The fourth-order valence-corrected chi connectivity index (χ4v) is 0.807. The molecule has 1 heterocycles. The van der Waals surface area contributed by atoms with Gasteiger partial charge in [0.2, 0.25) is 0 Å². The second-order valence-corrected chi connectivity index (χ2v) is 2.22. The average Bonchev–Trinajstić information content (AvgIpc) is 1.78. The highest BCUT2D eigenvalue weighted by molar-refractivity contribution is 5.70. The van der Waals surface area contributed by atoms with Crippen LogP contribution in [0.5, 0.6) is 0 Å². The molecule has 0 spiro atoms. The van der Waals surface area contributed by atoms with Gasteiger partial charge in [0.25, 0.3) is 0 Å². The average molecular weight is 129 g/mol. The number of esters is 1. The normalized spacial score (nSPS) is 24.8. The number of hydrogen-bond acceptors (Lipinski definition) is 3. The van der Waals surface area contributed by atoms with Crippen LogP contribution in [0.4, 0.5) is 0 Å². The molecule has 1 N–H and O–H groups in total. The highest BCUT2D eigenvalue weighted by Crippen LogP contribution is 2.06. The molecule has 52 valence electrons. The van der Waals surface area contributed by atoms with Crippen LogP contribution in [-0.2, 0) is 9.53 Å². The highest BCUT2D eigenvalue weighted by Gasteiger charge is 2.19. The molecule has 0 bridgehead atoms. The first-order valence-corrected chi connectivity index (χ1v) is 3.13. The van der Waals surface area contributed by atoms with Gasteiger partial charge in [0.15, 0.2) is 0 Å². The summed E-state index contributed by atoms with van der Waals surface area (Å²) in [7, 11) is 1.42. The molecule has 1 atom stereocenters. The van der Waals surface area contributed by atoms with Crippen molar-refractivity contribution >= 4 is 5.97 Å². The predicted octanol–water partition coefficient (Wildman–Crippen LogP) is -0.0886. The van der Waals surface area contributed by atoms with Crippen LogP contribution < -0.4 is 5.32 Å². The van der Waals surface area contributed by atoms with Crippen molar-refractivity contribution in [1.82, 2.24) is 5.32 Å². The van der Waals surface area contributed by atoms with Gasteiger partial charge in [-0.05, 0) is 13.0 Å². The Labute approximate surface area is 54.4 Å². The zero-order valence-electron chi connectivity index (χ0n) is 5.52. The summed E-state index contributed by atoms with van der Waals surface area (Å²) in [5.74, 6) is -0.118. The van der Waals surface area contributed by atoms with E-state index < -0.39 is 0 Å². The van der Waals surface area contributed by atoms with E-state index in [4.69, 9.17) is 0 Å². The van der Waals surface area contributed by atoms with Gasteiger partial charge in [0.05, 0.1) is 13.5 Å². The van der Waals surface area contributed by atoms with Crippen molar-refractivity contribution in [2.45, 2.75) is 18.9 Å². The third-order valence-corrected chi connectivity index (χ3v) is 1.57. The van der Waals surface area contributed by atoms with Crippen LogP contribution >= 0.6 is 0 Å². The SMILES string of the molecule is COC(=O)C[C@H]1CCN1. The van der Waals surface area contributed by atoms with Crippen LogP contribution in [0, 0.1) is 0 Å². The summed E-state index contributed by atoms with van der Waals surface area (Å²) in [6.45, 7) is 1.04. The third kappa shape index (κ3) is 1.68. The van der Waals surface area contributed by atoms with Crippen molar-refractivity contribution in [1.29, 1.82) is 0 Å². The molecule has 0 aromatic rings. The van der Waals surface area contributed by atoms with Gasteiger partial charge in [-0.1, -0.05) is 0 Å². The molecule has 1 saturated heterocycles. The van der Waals surface area contributed by atoms with E-state index in [0.717, 1.165) is 13.0 Å². The lowest BCUT2D eigenvalue weighted by Gasteiger charge is -2.26. The Balaban J connectivity index is 2.09. The Bertz CT molecular complexity index is 110. The van der Waals surface area contributed by atoms with Gasteiger partial charge < -0.3 is 10.1 Å². The van der Waals surface area contributed by atoms with Crippen molar-refractivity contribution in [3.05, 3.63) is 0 Å². The number of nitrogens with one attached hydrogen (secondary N) is 1. The first-order chi connectivity index (χ1) is 4.33. The number of hydrogen-bond donors (Lipinski definition) is 1. The van der Waals surface area contributed by atoms with Gasteiger partial charge in [-0.15, -0.1) is 0 Å². The number of methoxy groups -OCH3 is 1. The van der Waals surface area contributed by atoms with E-state index in [-0.39, 0.29) is 5.97 Å². The van der Waals surface area contributed by atoms with Crippen molar-refractivity contribution in [2.75, 3.05) is 13.7 Å². The molecule has 3 heteroatoms. The summed E-state index contributed by atoms with van der Waals surface area (Å²) in [5, 5.41) is 3.11. The zero-order chi connectivity index (χ0) is 6.69. The van der Waals surface area contributed by atoms with Crippen LogP contribution in [0.25, 0.3) is 0 Å². The van der Waals surface area contributed by atoms with Gasteiger partial charge in [-0.2, -0.15) is 0 Å². The minimum atomic E-state index is -0.118. The molecule has 1 fully saturated rings. The molecule has 0 amide bonds. The molecular weight excluding hydrogens is 118 g/mol. The lowest BCUT2D eigenvalue weighted by molar-refractivity contribution is -0.141. The first kappa shape index (κ1) is 6.55. The van der Waals surface area contributed by atoms with Crippen molar-refractivity contribution < 1.29 is 9.53 Å².